The quantitative estimate of drug-likeness (QED) is 0.558. The third-order valence-corrected chi connectivity index (χ3v) is 5.26. The van der Waals surface area contributed by atoms with Gasteiger partial charge >= 0.3 is 0 Å². The molecule has 1 aliphatic rings. The van der Waals surface area contributed by atoms with E-state index in [0.29, 0.717) is 24.8 Å². The van der Waals surface area contributed by atoms with Crippen molar-refractivity contribution in [3.63, 3.8) is 0 Å². The number of hydrogen-bond acceptors (Lipinski definition) is 5. The normalized spacial score (nSPS) is 18.7. The molecule has 1 unspecified atom stereocenters. The number of nitrogen functional groups attached to an aromatic ring is 1. The molecule has 1 atom stereocenters. The molecule has 112 valence electrons. The van der Waals surface area contributed by atoms with E-state index >= 15 is 0 Å². The van der Waals surface area contributed by atoms with Crippen LogP contribution in [0.1, 0.15) is 19.8 Å². The number of para-hydroxylation sites is 1. The summed E-state index contributed by atoms with van der Waals surface area (Å²) in [5, 5.41) is 0. The van der Waals surface area contributed by atoms with Crippen LogP contribution in [0, 0.1) is 5.92 Å². The minimum atomic E-state index is -3.58. The number of benzene rings is 1. The van der Waals surface area contributed by atoms with Crippen LogP contribution >= 0.6 is 0 Å². The van der Waals surface area contributed by atoms with E-state index < -0.39 is 10.0 Å². The van der Waals surface area contributed by atoms with Crippen molar-refractivity contribution in [2.45, 2.75) is 30.7 Å². The zero-order valence-electron chi connectivity index (χ0n) is 11.5. The third-order valence-electron chi connectivity index (χ3n) is 3.65. The SMILES string of the molecule is CC(NS(=O)(=O)c1ccccc1NN)C1CCOCC1. The molecule has 0 bridgehead atoms. The Morgan fingerprint density at radius 2 is 1.95 bits per heavy atom. The van der Waals surface area contributed by atoms with Gasteiger partial charge in [-0.2, -0.15) is 0 Å². The van der Waals surface area contributed by atoms with Gasteiger partial charge in [0, 0.05) is 19.3 Å². The zero-order chi connectivity index (χ0) is 14.6. The highest BCUT2D eigenvalue weighted by Crippen LogP contribution is 2.23. The monoisotopic (exact) mass is 299 g/mol. The van der Waals surface area contributed by atoms with Crippen molar-refractivity contribution >= 4 is 15.7 Å². The molecule has 1 fully saturated rings. The fraction of sp³-hybridized carbons (Fsp3) is 0.538. The number of anilines is 1. The Bertz CT molecular complexity index is 542. The molecule has 1 aromatic rings. The lowest BCUT2D eigenvalue weighted by molar-refractivity contribution is 0.0585. The van der Waals surface area contributed by atoms with Crippen molar-refractivity contribution in [1.29, 1.82) is 0 Å². The van der Waals surface area contributed by atoms with Crippen molar-refractivity contribution in [2.24, 2.45) is 11.8 Å². The summed E-state index contributed by atoms with van der Waals surface area (Å²) in [6.07, 6.45) is 1.75. The van der Waals surface area contributed by atoms with E-state index in [4.69, 9.17) is 10.6 Å². The molecule has 0 spiro atoms. The predicted octanol–water partition coefficient (Wildman–Crippen LogP) is 1.07. The number of hydrogen-bond donors (Lipinski definition) is 3. The summed E-state index contributed by atoms with van der Waals surface area (Å²) < 4.78 is 32.9. The van der Waals surface area contributed by atoms with Crippen molar-refractivity contribution in [3.05, 3.63) is 24.3 Å². The van der Waals surface area contributed by atoms with Gasteiger partial charge in [0.05, 0.1) is 5.69 Å². The zero-order valence-corrected chi connectivity index (χ0v) is 12.3. The molecule has 0 amide bonds. The molecule has 1 heterocycles. The van der Waals surface area contributed by atoms with Crippen LogP contribution in [0.5, 0.6) is 0 Å². The Kier molecular flexibility index (Phi) is 4.98. The highest BCUT2D eigenvalue weighted by atomic mass is 32.2. The number of ether oxygens (including phenoxy) is 1. The van der Waals surface area contributed by atoms with Gasteiger partial charge in [-0.25, -0.2) is 13.1 Å². The first-order valence-electron chi connectivity index (χ1n) is 6.70. The number of hydrazine groups is 1. The molecule has 2 rings (SSSR count). The van der Waals surface area contributed by atoms with Crippen LogP contribution in [0.15, 0.2) is 29.2 Å². The summed E-state index contributed by atoms with van der Waals surface area (Å²) >= 11 is 0. The number of nitrogens with two attached hydrogens (primary N) is 1. The molecular formula is C13H21N3O3S. The van der Waals surface area contributed by atoms with E-state index in [2.05, 4.69) is 10.1 Å². The number of rotatable bonds is 5. The molecular weight excluding hydrogens is 278 g/mol. The maximum absolute atomic E-state index is 12.4. The Morgan fingerprint density at radius 1 is 1.30 bits per heavy atom. The average Bonchev–Trinajstić information content (AvgIpc) is 2.47. The van der Waals surface area contributed by atoms with Crippen molar-refractivity contribution in [3.8, 4) is 0 Å². The smallest absolute Gasteiger partial charge is 0.242 e. The highest BCUT2D eigenvalue weighted by molar-refractivity contribution is 7.89. The van der Waals surface area contributed by atoms with Crippen molar-refractivity contribution in [2.75, 3.05) is 18.6 Å². The highest BCUT2D eigenvalue weighted by Gasteiger charge is 2.26. The first-order chi connectivity index (χ1) is 9.54. The van der Waals surface area contributed by atoms with Gasteiger partial charge in [0.2, 0.25) is 10.0 Å². The molecule has 6 nitrogen and oxygen atoms in total. The fourth-order valence-electron chi connectivity index (χ4n) is 2.44. The summed E-state index contributed by atoms with van der Waals surface area (Å²) in [5.41, 5.74) is 2.80. The summed E-state index contributed by atoms with van der Waals surface area (Å²) in [7, 11) is -3.58. The van der Waals surface area contributed by atoms with Crippen LogP contribution in [-0.4, -0.2) is 27.7 Å². The summed E-state index contributed by atoms with van der Waals surface area (Å²) in [4.78, 5) is 0.168. The Hall–Kier alpha value is -1.15. The van der Waals surface area contributed by atoms with Crippen LogP contribution in [-0.2, 0) is 14.8 Å². The lowest BCUT2D eigenvalue weighted by Gasteiger charge is -2.28. The predicted molar refractivity (Wildman–Crippen MR) is 77.6 cm³/mol. The minimum Gasteiger partial charge on any atom is -0.381 e. The lowest BCUT2D eigenvalue weighted by atomic mass is 9.94. The number of sulfonamides is 1. The van der Waals surface area contributed by atoms with Gasteiger partial charge in [0.15, 0.2) is 0 Å². The van der Waals surface area contributed by atoms with Crippen molar-refractivity contribution < 1.29 is 13.2 Å². The summed E-state index contributed by atoms with van der Waals surface area (Å²) in [6, 6.07) is 6.45. The second-order valence-electron chi connectivity index (χ2n) is 5.00. The van der Waals surface area contributed by atoms with Crippen LogP contribution in [0.3, 0.4) is 0 Å². The van der Waals surface area contributed by atoms with E-state index in [0.717, 1.165) is 12.8 Å². The standard InChI is InChI=1S/C13H21N3O3S/c1-10(11-6-8-19-9-7-11)16-20(17,18)13-5-3-2-4-12(13)15-14/h2-5,10-11,15-16H,6-9,14H2,1H3. The van der Waals surface area contributed by atoms with E-state index in [1.54, 1.807) is 18.2 Å². The minimum absolute atomic E-state index is 0.130. The Morgan fingerprint density at radius 3 is 2.60 bits per heavy atom. The van der Waals surface area contributed by atoms with Gasteiger partial charge in [0.1, 0.15) is 4.90 Å². The van der Waals surface area contributed by atoms with Gasteiger partial charge < -0.3 is 10.2 Å². The summed E-state index contributed by atoms with van der Waals surface area (Å²) in [6.45, 7) is 3.28. The Labute approximate surface area is 119 Å². The molecule has 1 saturated heterocycles. The first-order valence-corrected chi connectivity index (χ1v) is 8.18. The molecule has 4 N–H and O–H groups in total. The van der Waals surface area contributed by atoms with Crippen LogP contribution in [0.4, 0.5) is 5.69 Å². The van der Waals surface area contributed by atoms with E-state index in [-0.39, 0.29) is 10.9 Å². The molecule has 20 heavy (non-hydrogen) atoms. The average molecular weight is 299 g/mol. The van der Waals surface area contributed by atoms with Crippen molar-refractivity contribution in [1.82, 2.24) is 4.72 Å². The molecule has 0 aliphatic carbocycles. The first kappa shape index (κ1) is 15.2. The molecule has 0 aromatic heterocycles. The molecule has 0 radical (unpaired) electrons. The third kappa shape index (κ3) is 3.49. The van der Waals surface area contributed by atoms with Gasteiger partial charge in [-0.15, -0.1) is 0 Å². The van der Waals surface area contributed by atoms with E-state index in [1.165, 1.54) is 6.07 Å². The van der Waals surface area contributed by atoms with Gasteiger partial charge in [0.25, 0.3) is 0 Å². The number of nitrogens with one attached hydrogen (secondary N) is 2. The maximum Gasteiger partial charge on any atom is 0.242 e. The second-order valence-corrected chi connectivity index (χ2v) is 6.68. The second kappa shape index (κ2) is 6.53. The largest absolute Gasteiger partial charge is 0.381 e. The molecule has 7 heteroatoms. The molecule has 0 saturated carbocycles. The van der Waals surface area contributed by atoms with E-state index in [9.17, 15) is 8.42 Å². The van der Waals surface area contributed by atoms with Gasteiger partial charge in [-0.1, -0.05) is 12.1 Å². The van der Waals surface area contributed by atoms with Gasteiger partial charge in [-0.05, 0) is 37.8 Å². The maximum atomic E-state index is 12.4. The van der Waals surface area contributed by atoms with Crippen LogP contribution < -0.4 is 16.0 Å². The van der Waals surface area contributed by atoms with E-state index in [1.807, 2.05) is 6.92 Å². The van der Waals surface area contributed by atoms with Crippen LogP contribution in [0.2, 0.25) is 0 Å². The summed E-state index contributed by atoms with van der Waals surface area (Å²) in [5.74, 6) is 5.66. The molecule has 1 aliphatic heterocycles. The lowest BCUT2D eigenvalue weighted by Crippen LogP contribution is -2.40. The molecule has 1 aromatic carbocycles. The Balaban J connectivity index is 2.14. The van der Waals surface area contributed by atoms with Gasteiger partial charge in [-0.3, -0.25) is 5.84 Å². The fourth-order valence-corrected chi connectivity index (χ4v) is 3.92. The van der Waals surface area contributed by atoms with Crippen LogP contribution in [0.25, 0.3) is 0 Å². The topological polar surface area (TPSA) is 93.5 Å².